The van der Waals surface area contributed by atoms with Crippen LogP contribution in [-0.2, 0) is 14.8 Å². The summed E-state index contributed by atoms with van der Waals surface area (Å²) in [4.78, 5) is 12.1. The topological polar surface area (TPSA) is 66.5 Å². The Morgan fingerprint density at radius 3 is 2.40 bits per heavy atom. The molecule has 1 saturated carbocycles. The van der Waals surface area contributed by atoms with E-state index >= 15 is 0 Å². The van der Waals surface area contributed by atoms with Crippen LogP contribution in [0.25, 0.3) is 0 Å². The van der Waals surface area contributed by atoms with Crippen molar-refractivity contribution in [1.29, 1.82) is 0 Å². The fourth-order valence-electron chi connectivity index (χ4n) is 2.96. The Kier molecular flexibility index (Phi) is 6.31. The average molecular weight is 378 g/mol. The van der Waals surface area contributed by atoms with Gasteiger partial charge < -0.3 is 5.32 Å². The Hall–Kier alpha value is -1.77. The number of halogens is 3. The lowest BCUT2D eigenvalue weighted by atomic mass is 9.89. The van der Waals surface area contributed by atoms with Crippen molar-refractivity contribution in [3.8, 4) is 0 Å². The minimum atomic E-state index is -3.94. The minimum Gasteiger partial charge on any atom is -0.354 e. The van der Waals surface area contributed by atoms with Crippen molar-refractivity contribution in [2.45, 2.75) is 32.1 Å². The second-order valence-corrected chi connectivity index (χ2v) is 8.06. The largest absolute Gasteiger partial charge is 0.354 e. The molecule has 0 spiro atoms. The molecule has 1 aliphatic rings. The van der Waals surface area contributed by atoms with Gasteiger partial charge in [0.25, 0.3) is 0 Å². The maximum atomic E-state index is 13.9. The molecule has 1 fully saturated rings. The van der Waals surface area contributed by atoms with E-state index in [9.17, 15) is 26.4 Å². The van der Waals surface area contributed by atoms with Crippen LogP contribution in [0.1, 0.15) is 32.1 Å². The highest BCUT2D eigenvalue weighted by molar-refractivity contribution is 7.92. The summed E-state index contributed by atoms with van der Waals surface area (Å²) in [6.07, 6.45) is 5.47. The molecule has 0 atom stereocenters. The SMILES string of the molecule is CS(=O)(=O)N(CCNC(=O)C1CCCCC1)c1ccc(F)c(F)c1F. The highest BCUT2D eigenvalue weighted by Crippen LogP contribution is 2.26. The Labute approximate surface area is 145 Å². The number of carbonyl (C=O) groups is 1. The van der Waals surface area contributed by atoms with Gasteiger partial charge in [-0.15, -0.1) is 0 Å². The predicted molar refractivity (Wildman–Crippen MR) is 88.1 cm³/mol. The first kappa shape index (κ1) is 19.6. The number of nitrogens with zero attached hydrogens (tertiary/aromatic N) is 1. The molecule has 25 heavy (non-hydrogen) atoms. The lowest BCUT2D eigenvalue weighted by molar-refractivity contribution is -0.125. The van der Waals surface area contributed by atoms with Gasteiger partial charge in [-0.1, -0.05) is 19.3 Å². The van der Waals surface area contributed by atoms with Crippen LogP contribution in [0.4, 0.5) is 18.9 Å². The monoisotopic (exact) mass is 378 g/mol. The van der Waals surface area contributed by atoms with Gasteiger partial charge in [0.2, 0.25) is 15.9 Å². The van der Waals surface area contributed by atoms with E-state index in [1.807, 2.05) is 0 Å². The third-order valence-corrected chi connectivity index (χ3v) is 5.45. The van der Waals surface area contributed by atoms with Gasteiger partial charge in [-0.25, -0.2) is 21.6 Å². The fourth-order valence-corrected chi connectivity index (χ4v) is 3.88. The van der Waals surface area contributed by atoms with Crippen molar-refractivity contribution in [2.24, 2.45) is 5.92 Å². The van der Waals surface area contributed by atoms with E-state index in [2.05, 4.69) is 5.32 Å². The smallest absolute Gasteiger partial charge is 0.232 e. The molecular weight excluding hydrogens is 357 g/mol. The van der Waals surface area contributed by atoms with Crippen LogP contribution in [0.15, 0.2) is 12.1 Å². The van der Waals surface area contributed by atoms with Gasteiger partial charge in [-0.05, 0) is 25.0 Å². The Morgan fingerprint density at radius 2 is 1.80 bits per heavy atom. The number of hydrogen-bond acceptors (Lipinski definition) is 3. The lowest BCUT2D eigenvalue weighted by Crippen LogP contribution is -2.40. The molecule has 0 heterocycles. The van der Waals surface area contributed by atoms with Crippen LogP contribution >= 0.6 is 0 Å². The van der Waals surface area contributed by atoms with Gasteiger partial charge in [0, 0.05) is 12.5 Å². The van der Waals surface area contributed by atoms with Crippen LogP contribution in [0.3, 0.4) is 0 Å². The van der Waals surface area contributed by atoms with E-state index in [0.717, 1.165) is 44.4 Å². The number of benzene rings is 1. The average Bonchev–Trinajstić information content (AvgIpc) is 2.57. The van der Waals surface area contributed by atoms with Crippen molar-refractivity contribution in [3.63, 3.8) is 0 Å². The Morgan fingerprint density at radius 1 is 1.16 bits per heavy atom. The van der Waals surface area contributed by atoms with Gasteiger partial charge in [0.05, 0.1) is 18.5 Å². The molecule has 0 radical (unpaired) electrons. The molecule has 1 aromatic rings. The quantitative estimate of drug-likeness (QED) is 0.774. The van der Waals surface area contributed by atoms with E-state index in [1.165, 1.54) is 0 Å². The predicted octanol–water partition coefficient (Wildman–Crippen LogP) is 2.57. The van der Waals surface area contributed by atoms with E-state index in [-0.39, 0.29) is 24.9 Å². The van der Waals surface area contributed by atoms with Crippen LogP contribution < -0.4 is 9.62 Å². The molecule has 1 N–H and O–H groups in total. The molecule has 1 aromatic carbocycles. The molecule has 0 aliphatic heterocycles. The number of carbonyl (C=O) groups excluding carboxylic acids is 1. The van der Waals surface area contributed by atoms with Gasteiger partial charge in [0.15, 0.2) is 17.5 Å². The minimum absolute atomic E-state index is 0.0547. The van der Waals surface area contributed by atoms with Crippen LogP contribution in [0.2, 0.25) is 0 Å². The lowest BCUT2D eigenvalue weighted by Gasteiger charge is -2.25. The van der Waals surface area contributed by atoms with Crippen molar-refractivity contribution < 1.29 is 26.4 Å². The molecule has 9 heteroatoms. The summed E-state index contributed by atoms with van der Waals surface area (Å²) in [5.74, 6) is -4.99. The van der Waals surface area contributed by atoms with Crippen molar-refractivity contribution in [3.05, 3.63) is 29.6 Å². The molecule has 5 nitrogen and oxygen atoms in total. The molecule has 1 amide bonds. The zero-order valence-electron chi connectivity index (χ0n) is 13.9. The maximum absolute atomic E-state index is 13.9. The Balaban J connectivity index is 2.07. The van der Waals surface area contributed by atoms with Crippen LogP contribution in [-0.4, -0.2) is 33.7 Å². The van der Waals surface area contributed by atoms with Crippen molar-refractivity contribution >= 4 is 21.6 Å². The molecule has 2 rings (SSSR count). The van der Waals surface area contributed by atoms with Gasteiger partial charge in [-0.3, -0.25) is 9.10 Å². The summed E-state index contributed by atoms with van der Waals surface area (Å²) in [6.45, 7) is -0.333. The third-order valence-electron chi connectivity index (χ3n) is 4.27. The van der Waals surface area contributed by atoms with Crippen molar-refractivity contribution in [2.75, 3.05) is 23.7 Å². The molecule has 1 aliphatic carbocycles. The normalized spacial score (nSPS) is 15.8. The van der Waals surface area contributed by atoms with E-state index in [0.29, 0.717) is 10.4 Å². The second-order valence-electron chi connectivity index (χ2n) is 6.16. The number of amides is 1. The first-order chi connectivity index (χ1) is 11.7. The summed E-state index contributed by atoms with van der Waals surface area (Å²) in [7, 11) is -3.94. The summed E-state index contributed by atoms with van der Waals surface area (Å²) in [6, 6.07) is 1.52. The van der Waals surface area contributed by atoms with E-state index < -0.39 is 33.2 Å². The Bertz CT molecular complexity index is 734. The standard InChI is InChI=1S/C16H21F3N2O3S/c1-25(23,24)21(13-8-7-12(17)14(18)15(13)19)10-9-20-16(22)11-5-3-2-4-6-11/h7-8,11H,2-6,9-10H2,1H3,(H,20,22). The van der Waals surface area contributed by atoms with Crippen LogP contribution in [0.5, 0.6) is 0 Å². The summed E-state index contributed by atoms with van der Waals surface area (Å²) in [5, 5.41) is 2.63. The van der Waals surface area contributed by atoms with E-state index in [4.69, 9.17) is 0 Å². The van der Waals surface area contributed by atoms with Gasteiger partial charge >= 0.3 is 0 Å². The molecular formula is C16H21F3N2O3S. The molecule has 0 bridgehead atoms. The number of hydrogen-bond donors (Lipinski definition) is 1. The summed E-state index contributed by atoms with van der Waals surface area (Å²) >= 11 is 0. The molecule has 0 saturated heterocycles. The van der Waals surface area contributed by atoms with Crippen LogP contribution in [0, 0.1) is 23.4 Å². The first-order valence-electron chi connectivity index (χ1n) is 8.10. The first-order valence-corrected chi connectivity index (χ1v) is 9.95. The summed E-state index contributed by atoms with van der Waals surface area (Å²) in [5.41, 5.74) is -0.590. The molecule has 0 unspecified atom stereocenters. The van der Waals surface area contributed by atoms with Gasteiger partial charge in [0.1, 0.15) is 0 Å². The maximum Gasteiger partial charge on any atom is 0.232 e. The highest BCUT2D eigenvalue weighted by atomic mass is 32.2. The zero-order chi connectivity index (χ0) is 18.6. The zero-order valence-corrected chi connectivity index (χ0v) is 14.7. The summed E-state index contributed by atoms with van der Waals surface area (Å²) < 4.78 is 64.7. The molecule has 140 valence electrons. The highest BCUT2D eigenvalue weighted by Gasteiger charge is 2.25. The number of nitrogens with one attached hydrogen (secondary N) is 1. The number of sulfonamides is 1. The van der Waals surface area contributed by atoms with Gasteiger partial charge in [-0.2, -0.15) is 0 Å². The molecule has 0 aromatic heterocycles. The number of rotatable bonds is 6. The second kappa shape index (κ2) is 8.07. The third kappa shape index (κ3) is 4.87. The van der Waals surface area contributed by atoms with Crippen molar-refractivity contribution in [1.82, 2.24) is 5.32 Å². The number of anilines is 1. The fraction of sp³-hybridized carbons (Fsp3) is 0.562. The van der Waals surface area contributed by atoms with E-state index in [1.54, 1.807) is 0 Å².